The molecule has 1 amide bonds. The number of benzene rings is 3. The molecule has 6 nitrogen and oxygen atoms in total. The molecule has 0 N–H and O–H groups in total. The molecule has 1 unspecified atom stereocenters. The van der Waals surface area contributed by atoms with Crippen molar-refractivity contribution in [2.24, 2.45) is 0 Å². The molecule has 2 heterocycles. The second-order valence-electron chi connectivity index (χ2n) is 9.25. The van der Waals surface area contributed by atoms with Gasteiger partial charge in [0.1, 0.15) is 23.9 Å². The van der Waals surface area contributed by atoms with Gasteiger partial charge in [0.2, 0.25) is 5.91 Å². The fraction of sp³-hybridized carbons (Fsp3) is 0.310. The average molecular weight is 470 g/mol. The minimum absolute atomic E-state index is 0.0502. The Bertz CT molecular complexity index is 1340. The van der Waals surface area contributed by atoms with Gasteiger partial charge in [0.05, 0.1) is 24.7 Å². The predicted molar refractivity (Wildman–Crippen MR) is 137 cm³/mol. The highest BCUT2D eigenvalue weighted by Gasteiger charge is 2.34. The Morgan fingerprint density at radius 2 is 1.83 bits per heavy atom. The van der Waals surface area contributed by atoms with Crippen LogP contribution in [0.2, 0.25) is 0 Å². The molecule has 0 saturated carbocycles. The van der Waals surface area contributed by atoms with Crippen LogP contribution in [0, 0.1) is 13.8 Å². The maximum absolute atomic E-state index is 12.9. The maximum Gasteiger partial charge on any atom is 0.223 e. The van der Waals surface area contributed by atoms with Crippen molar-refractivity contribution in [2.45, 2.75) is 39.3 Å². The van der Waals surface area contributed by atoms with E-state index >= 15 is 0 Å². The molecule has 3 aromatic carbocycles. The first-order chi connectivity index (χ1) is 17.0. The summed E-state index contributed by atoms with van der Waals surface area (Å²) in [6.45, 7) is 6.62. The Morgan fingerprint density at radius 3 is 2.60 bits per heavy atom. The van der Waals surface area contributed by atoms with Crippen molar-refractivity contribution < 1.29 is 14.3 Å². The summed E-state index contributed by atoms with van der Waals surface area (Å²) in [5.74, 6) is 2.89. The average Bonchev–Trinajstić information content (AvgIpc) is 3.41. The first kappa shape index (κ1) is 23.0. The summed E-state index contributed by atoms with van der Waals surface area (Å²) in [6.07, 6.45) is 0.470. The van der Waals surface area contributed by atoms with Gasteiger partial charge in [0.15, 0.2) is 0 Å². The zero-order valence-electron chi connectivity index (χ0n) is 20.5. The Labute approximate surface area is 206 Å². The van der Waals surface area contributed by atoms with Crippen molar-refractivity contribution in [1.29, 1.82) is 0 Å². The van der Waals surface area contributed by atoms with Crippen molar-refractivity contribution in [3.8, 4) is 11.5 Å². The maximum atomic E-state index is 12.9. The van der Waals surface area contributed by atoms with Gasteiger partial charge in [-0.05, 0) is 55.3 Å². The van der Waals surface area contributed by atoms with E-state index in [9.17, 15) is 4.79 Å². The Hall–Kier alpha value is -3.80. The number of hydrogen-bond acceptors (Lipinski definition) is 4. The minimum atomic E-state index is 0.0502. The highest BCUT2D eigenvalue weighted by molar-refractivity contribution is 5.81. The summed E-state index contributed by atoms with van der Waals surface area (Å²) in [5, 5.41) is 0. The van der Waals surface area contributed by atoms with E-state index in [1.54, 1.807) is 7.11 Å². The number of amides is 1. The minimum Gasteiger partial charge on any atom is -0.497 e. The van der Waals surface area contributed by atoms with E-state index in [-0.39, 0.29) is 11.8 Å². The standard InChI is InChI=1S/C29H31N3O3/c1-20-8-13-27(21(2)16-20)35-15-14-32-26-7-5-4-6-25(26)30-29(32)23-17-28(33)31(19-23)18-22-9-11-24(34-3)12-10-22/h4-13,16,23H,14-15,17-19H2,1-3H3. The number of hydrogen-bond donors (Lipinski definition) is 0. The van der Waals surface area contributed by atoms with E-state index in [1.165, 1.54) is 5.56 Å². The molecule has 180 valence electrons. The topological polar surface area (TPSA) is 56.6 Å². The summed E-state index contributed by atoms with van der Waals surface area (Å²) < 4.78 is 13.6. The number of carbonyl (C=O) groups excluding carboxylic acids is 1. The van der Waals surface area contributed by atoms with Crippen molar-refractivity contribution in [3.63, 3.8) is 0 Å². The van der Waals surface area contributed by atoms with Crippen molar-refractivity contribution in [3.05, 3.63) is 89.2 Å². The molecule has 35 heavy (non-hydrogen) atoms. The zero-order chi connectivity index (χ0) is 24.4. The summed E-state index contributed by atoms with van der Waals surface area (Å²) in [5.41, 5.74) is 5.48. The molecule has 6 heteroatoms. The molecular weight excluding hydrogens is 438 g/mol. The number of para-hydroxylation sites is 2. The molecule has 1 aromatic heterocycles. The molecule has 0 bridgehead atoms. The number of methoxy groups -OCH3 is 1. The molecular formula is C29H31N3O3. The van der Waals surface area contributed by atoms with Crippen LogP contribution in [0.1, 0.15) is 34.9 Å². The smallest absolute Gasteiger partial charge is 0.223 e. The predicted octanol–water partition coefficient (Wildman–Crippen LogP) is 5.26. The summed E-state index contributed by atoms with van der Waals surface area (Å²) in [4.78, 5) is 19.8. The van der Waals surface area contributed by atoms with Gasteiger partial charge in [-0.15, -0.1) is 0 Å². The SMILES string of the molecule is COc1ccc(CN2CC(c3nc4ccccc4n3CCOc3ccc(C)cc3C)CC2=O)cc1. The van der Waals surface area contributed by atoms with Gasteiger partial charge in [-0.2, -0.15) is 0 Å². The monoisotopic (exact) mass is 469 g/mol. The quantitative estimate of drug-likeness (QED) is 0.353. The molecule has 0 aliphatic carbocycles. The summed E-state index contributed by atoms with van der Waals surface area (Å²) >= 11 is 0. The van der Waals surface area contributed by atoms with Gasteiger partial charge in [-0.3, -0.25) is 4.79 Å². The molecule has 0 radical (unpaired) electrons. The lowest BCUT2D eigenvalue weighted by atomic mass is 10.1. The summed E-state index contributed by atoms with van der Waals surface area (Å²) in [6, 6.07) is 22.3. The number of imidazole rings is 1. The van der Waals surface area contributed by atoms with Gasteiger partial charge < -0.3 is 18.9 Å². The van der Waals surface area contributed by atoms with Crippen LogP contribution >= 0.6 is 0 Å². The van der Waals surface area contributed by atoms with Crippen LogP contribution < -0.4 is 9.47 Å². The van der Waals surface area contributed by atoms with Gasteiger partial charge in [0.25, 0.3) is 0 Å². The largest absolute Gasteiger partial charge is 0.497 e. The van der Waals surface area contributed by atoms with Gasteiger partial charge >= 0.3 is 0 Å². The number of fused-ring (bicyclic) bond motifs is 1. The van der Waals surface area contributed by atoms with Crippen LogP contribution in [0.25, 0.3) is 11.0 Å². The second kappa shape index (κ2) is 9.82. The van der Waals surface area contributed by atoms with Crippen LogP contribution in [0.3, 0.4) is 0 Å². The lowest BCUT2D eigenvalue weighted by molar-refractivity contribution is -0.128. The van der Waals surface area contributed by atoms with E-state index in [0.29, 0.717) is 32.7 Å². The molecule has 1 saturated heterocycles. The van der Waals surface area contributed by atoms with Crippen LogP contribution in [-0.4, -0.2) is 40.6 Å². The fourth-order valence-electron chi connectivity index (χ4n) is 4.90. The van der Waals surface area contributed by atoms with E-state index in [0.717, 1.165) is 39.5 Å². The lowest BCUT2D eigenvalue weighted by Crippen LogP contribution is -2.24. The Morgan fingerprint density at radius 1 is 1.03 bits per heavy atom. The Balaban J connectivity index is 1.34. The Kier molecular flexibility index (Phi) is 6.45. The van der Waals surface area contributed by atoms with Gasteiger partial charge in [-0.25, -0.2) is 4.98 Å². The number of aryl methyl sites for hydroxylation is 2. The van der Waals surface area contributed by atoms with Crippen LogP contribution in [-0.2, 0) is 17.9 Å². The third-order valence-electron chi connectivity index (χ3n) is 6.70. The van der Waals surface area contributed by atoms with E-state index in [2.05, 4.69) is 36.6 Å². The first-order valence-corrected chi connectivity index (χ1v) is 12.1. The number of ether oxygens (including phenoxy) is 2. The number of nitrogens with zero attached hydrogens (tertiary/aromatic N) is 3. The number of carbonyl (C=O) groups is 1. The lowest BCUT2D eigenvalue weighted by Gasteiger charge is -2.18. The van der Waals surface area contributed by atoms with Crippen LogP contribution in [0.4, 0.5) is 0 Å². The normalized spacial score (nSPS) is 15.7. The van der Waals surface area contributed by atoms with Gasteiger partial charge in [0, 0.05) is 25.4 Å². The molecule has 1 atom stereocenters. The third kappa shape index (κ3) is 4.87. The van der Waals surface area contributed by atoms with Crippen molar-refractivity contribution in [1.82, 2.24) is 14.5 Å². The molecule has 1 fully saturated rings. The first-order valence-electron chi connectivity index (χ1n) is 12.1. The molecule has 1 aliphatic rings. The number of rotatable bonds is 8. The summed E-state index contributed by atoms with van der Waals surface area (Å²) in [7, 11) is 1.66. The van der Waals surface area contributed by atoms with E-state index in [1.807, 2.05) is 53.4 Å². The van der Waals surface area contributed by atoms with Crippen LogP contribution in [0.15, 0.2) is 66.7 Å². The molecule has 1 aliphatic heterocycles. The highest BCUT2D eigenvalue weighted by Crippen LogP contribution is 2.31. The van der Waals surface area contributed by atoms with E-state index in [4.69, 9.17) is 14.5 Å². The van der Waals surface area contributed by atoms with Crippen molar-refractivity contribution in [2.75, 3.05) is 20.3 Å². The highest BCUT2D eigenvalue weighted by atomic mass is 16.5. The van der Waals surface area contributed by atoms with Crippen molar-refractivity contribution >= 4 is 16.9 Å². The van der Waals surface area contributed by atoms with Gasteiger partial charge in [-0.1, -0.05) is 42.0 Å². The fourth-order valence-corrected chi connectivity index (χ4v) is 4.90. The van der Waals surface area contributed by atoms with Crippen LogP contribution in [0.5, 0.6) is 11.5 Å². The second-order valence-corrected chi connectivity index (χ2v) is 9.25. The third-order valence-corrected chi connectivity index (χ3v) is 6.70. The molecule has 4 aromatic rings. The van der Waals surface area contributed by atoms with E-state index < -0.39 is 0 Å². The number of likely N-dealkylation sites (tertiary alicyclic amines) is 1. The number of aromatic nitrogens is 2. The zero-order valence-corrected chi connectivity index (χ0v) is 20.5. The molecule has 0 spiro atoms. The molecule has 5 rings (SSSR count).